The van der Waals surface area contributed by atoms with Crippen LogP contribution in [-0.4, -0.2) is 25.8 Å². The fourth-order valence-corrected chi connectivity index (χ4v) is 2.87. The van der Waals surface area contributed by atoms with Crippen molar-refractivity contribution >= 4 is 0 Å². The molecule has 0 spiro atoms. The minimum atomic E-state index is 0.498. The summed E-state index contributed by atoms with van der Waals surface area (Å²) < 4.78 is 5.96. The van der Waals surface area contributed by atoms with Crippen molar-refractivity contribution in [3.63, 3.8) is 0 Å². The van der Waals surface area contributed by atoms with E-state index < -0.39 is 0 Å². The molecule has 0 aromatic heterocycles. The summed E-state index contributed by atoms with van der Waals surface area (Å²) in [6.45, 7) is 3.26. The molecule has 0 radical (unpaired) electrons. The Morgan fingerprint density at radius 2 is 1.81 bits per heavy atom. The lowest BCUT2D eigenvalue weighted by atomic mass is 9.87. The molecule has 0 atom stereocenters. The molecule has 1 N–H and O–H groups in total. The lowest BCUT2D eigenvalue weighted by Crippen LogP contribution is -2.37. The SMILES string of the molecule is C1CCC(CNC2CC2)(COCC2CC2)C1. The van der Waals surface area contributed by atoms with Crippen LogP contribution in [-0.2, 0) is 4.74 Å². The summed E-state index contributed by atoms with van der Waals surface area (Å²) in [5, 5.41) is 3.71. The quantitative estimate of drug-likeness (QED) is 0.716. The molecule has 0 aliphatic heterocycles. The highest BCUT2D eigenvalue weighted by atomic mass is 16.5. The second-order valence-electron chi connectivity index (χ2n) is 6.32. The van der Waals surface area contributed by atoms with Crippen molar-refractivity contribution in [3.05, 3.63) is 0 Å². The Morgan fingerprint density at radius 3 is 2.44 bits per heavy atom. The van der Waals surface area contributed by atoms with Crippen molar-refractivity contribution in [1.82, 2.24) is 5.32 Å². The van der Waals surface area contributed by atoms with E-state index in [1.807, 2.05) is 0 Å². The van der Waals surface area contributed by atoms with E-state index in [1.165, 1.54) is 57.9 Å². The maximum Gasteiger partial charge on any atom is 0.0534 e. The first-order valence-electron chi connectivity index (χ1n) is 7.18. The largest absolute Gasteiger partial charge is 0.381 e. The Hall–Kier alpha value is -0.0800. The molecular formula is C14H25NO. The number of hydrogen-bond donors (Lipinski definition) is 1. The van der Waals surface area contributed by atoms with Gasteiger partial charge in [0.15, 0.2) is 0 Å². The van der Waals surface area contributed by atoms with Crippen molar-refractivity contribution in [2.45, 2.75) is 57.4 Å². The Bertz CT molecular complexity index is 227. The summed E-state index contributed by atoms with van der Waals surface area (Å²) in [7, 11) is 0. The van der Waals surface area contributed by atoms with Crippen LogP contribution in [0.2, 0.25) is 0 Å². The zero-order valence-electron chi connectivity index (χ0n) is 10.3. The summed E-state index contributed by atoms with van der Waals surface area (Å²) in [5.74, 6) is 0.912. The molecule has 0 heterocycles. The third-order valence-electron chi connectivity index (χ3n) is 4.47. The molecule has 0 aromatic carbocycles. The highest BCUT2D eigenvalue weighted by molar-refractivity contribution is 4.90. The fourth-order valence-electron chi connectivity index (χ4n) is 2.87. The first kappa shape index (κ1) is 11.0. The molecule has 0 unspecified atom stereocenters. The van der Waals surface area contributed by atoms with Gasteiger partial charge >= 0.3 is 0 Å². The molecule has 0 aromatic rings. The third-order valence-corrected chi connectivity index (χ3v) is 4.47. The van der Waals surface area contributed by atoms with Gasteiger partial charge in [-0.25, -0.2) is 0 Å². The van der Waals surface area contributed by atoms with Crippen molar-refractivity contribution < 1.29 is 4.74 Å². The fraction of sp³-hybridized carbons (Fsp3) is 1.00. The topological polar surface area (TPSA) is 21.3 Å². The molecule has 92 valence electrons. The number of rotatable bonds is 7. The first-order valence-corrected chi connectivity index (χ1v) is 7.18. The second-order valence-corrected chi connectivity index (χ2v) is 6.32. The minimum Gasteiger partial charge on any atom is -0.381 e. The van der Waals surface area contributed by atoms with Crippen molar-refractivity contribution in [2.24, 2.45) is 11.3 Å². The summed E-state index contributed by atoms with van der Waals surface area (Å²) in [5.41, 5.74) is 0.498. The molecule has 2 heteroatoms. The normalized spacial score (nSPS) is 28.5. The first-order chi connectivity index (χ1) is 7.86. The maximum absolute atomic E-state index is 5.96. The van der Waals surface area contributed by atoms with Gasteiger partial charge in [0.05, 0.1) is 6.61 Å². The van der Waals surface area contributed by atoms with Crippen LogP contribution in [0.3, 0.4) is 0 Å². The molecule has 0 amide bonds. The Kier molecular flexibility index (Phi) is 3.21. The predicted octanol–water partition coefficient (Wildman–Crippen LogP) is 2.73. The molecule has 3 aliphatic rings. The average Bonchev–Trinajstić information content (AvgIpc) is 3.19. The van der Waals surface area contributed by atoms with Gasteiger partial charge in [0.1, 0.15) is 0 Å². The van der Waals surface area contributed by atoms with Gasteiger partial charge in [0, 0.05) is 24.6 Å². The Morgan fingerprint density at radius 1 is 1.06 bits per heavy atom. The van der Waals surface area contributed by atoms with E-state index in [2.05, 4.69) is 5.32 Å². The number of hydrogen-bond acceptors (Lipinski definition) is 2. The van der Waals surface area contributed by atoms with Gasteiger partial charge in [-0.2, -0.15) is 0 Å². The molecule has 0 saturated heterocycles. The van der Waals surface area contributed by atoms with Crippen LogP contribution in [0.25, 0.3) is 0 Å². The summed E-state index contributed by atoms with van der Waals surface area (Å²) in [6, 6.07) is 0.848. The van der Waals surface area contributed by atoms with Crippen LogP contribution in [0.15, 0.2) is 0 Å². The molecular weight excluding hydrogens is 198 g/mol. The molecule has 3 rings (SSSR count). The molecule has 16 heavy (non-hydrogen) atoms. The molecule has 2 nitrogen and oxygen atoms in total. The monoisotopic (exact) mass is 223 g/mol. The van der Waals surface area contributed by atoms with Gasteiger partial charge < -0.3 is 10.1 Å². The summed E-state index contributed by atoms with van der Waals surface area (Å²) in [6.07, 6.45) is 11.2. The van der Waals surface area contributed by atoms with Gasteiger partial charge in [-0.05, 0) is 44.4 Å². The van der Waals surface area contributed by atoms with Crippen LogP contribution in [0.1, 0.15) is 51.4 Å². The van der Waals surface area contributed by atoms with Gasteiger partial charge in [-0.1, -0.05) is 12.8 Å². The van der Waals surface area contributed by atoms with Gasteiger partial charge in [-0.15, -0.1) is 0 Å². The summed E-state index contributed by atoms with van der Waals surface area (Å²) >= 11 is 0. The summed E-state index contributed by atoms with van der Waals surface area (Å²) in [4.78, 5) is 0. The van der Waals surface area contributed by atoms with Crippen LogP contribution in [0.5, 0.6) is 0 Å². The van der Waals surface area contributed by atoms with Gasteiger partial charge in [-0.3, -0.25) is 0 Å². The van der Waals surface area contributed by atoms with E-state index in [1.54, 1.807) is 0 Å². The van der Waals surface area contributed by atoms with Crippen molar-refractivity contribution in [1.29, 1.82) is 0 Å². The molecule has 0 bridgehead atoms. The second kappa shape index (κ2) is 4.66. The molecule has 3 aliphatic carbocycles. The van der Waals surface area contributed by atoms with E-state index in [-0.39, 0.29) is 0 Å². The van der Waals surface area contributed by atoms with Crippen LogP contribution in [0, 0.1) is 11.3 Å². The molecule has 3 saturated carbocycles. The third kappa shape index (κ3) is 2.98. The predicted molar refractivity (Wildman–Crippen MR) is 65.5 cm³/mol. The lowest BCUT2D eigenvalue weighted by molar-refractivity contribution is 0.0402. The van der Waals surface area contributed by atoms with Crippen molar-refractivity contribution in [3.8, 4) is 0 Å². The number of nitrogens with one attached hydrogen (secondary N) is 1. The van der Waals surface area contributed by atoms with E-state index in [0.717, 1.165) is 25.2 Å². The minimum absolute atomic E-state index is 0.498. The van der Waals surface area contributed by atoms with Crippen LogP contribution < -0.4 is 5.32 Å². The smallest absolute Gasteiger partial charge is 0.0534 e. The van der Waals surface area contributed by atoms with Gasteiger partial charge in [0.2, 0.25) is 0 Å². The highest BCUT2D eigenvalue weighted by Gasteiger charge is 2.36. The number of ether oxygens (including phenoxy) is 1. The maximum atomic E-state index is 5.96. The van der Waals surface area contributed by atoms with Crippen molar-refractivity contribution in [2.75, 3.05) is 19.8 Å². The zero-order valence-corrected chi connectivity index (χ0v) is 10.3. The van der Waals surface area contributed by atoms with Crippen LogP contribution >= 0.6 is 0 Å². The highest BCUT2D eigenvalue weighted by Crippen LogP contribution is 2.39. The Balaban J connectivity index is 1.43. The van der Waals surface area contributed by atoms with E-state index in [9.17, 15) is 0 Å². The van der Waals surface area contributed by atoms with Gasteiger partial charge in [0.25, 0.3) is 0 Å². The lowest BCUT2D eigenvalue weighted by Gasteiger charge is -2.29. The zero-order chi connectivity index (χ0) is 10.8. The van der Waals surface area contributed by atoms with E-state index >= 15 is 0 Å². The standard InChI is InChI=1S/C14H25NO/c1-2-8-14(7-1,10-15-13-5-6-13)11-16-9-12-3-4-12/h12-13,15H,1-11H2. The van der Waals surface area contributed by atoms with Crippen LogP contribution in [0.4, 0.5) is 0 Å². The Labute approximate surface area is 99.1 Å². The van der Waals surface area contributed by atoms with E-state index in [0.29, 0.717) is 5.41 Å². The average molecular weight is 223 g/mol. The molecule has 3 fully saturated rings. The van der Waals surface area contributed by atoms with E-state index in [4.69, 9.17) is 4.74 Å².